The summed E-state index contributed by atoms with van der Waals surface area (Å²) in [5, 5.41) is 10.7. The fourth-order valence-electron chi connectivity index (χ4n) is 4.16. The van der Waals surface area contributed by atoms with E-state index in [2.05, 4.69) is 61.6 Å². The molecule has 0 radical (unpaired) electrons. The minimum atomic E-state index is 0.0940. The Balaban J connectivity index is 1.58. The highest BCUT2D eigenvalue weighted by Crippen LogP contribution is 2.40. The number of rotatable bonds is 8. The molecule has 0 saturated carbocycles. The van der Waals surface area contributed by atoms with Gasteiger partial charge in [0.15, 0.2) is 11.5 Å². The summed E-state index contributed by atoms with van der Waals surface area (Å²) in [6.45, 7) is 4.87. The Morgan fingerprint density at radius 1 is 0.906 bits per heavy atom. The van der Waals surface area contributed by atoms with E-state index in [-0.39, 0.29) is 6.04 Å². The van der Waals surface area contributed by atoms with Crippen molar-refractivity contribution >= 4 is 10.8 Å². The molecular weight excluding hydrogens is 402 g/mol. The molecule has 0 saturated heterocycles. The third-order valence-corrected chi connectivity index (χ3v) is 5.89. The molecule has 4 rings (SSSR count). The summed E-state index contributed by atoms with van der Waals surface area (Å²) in [5.74, 6) is 1.92. The summed E-state index contributed by atoms with van der Waals surface area (Å²) in [6.07, 6.45) is 1.95. The summed E-state index contributed by atoms with van der Waals surface area (Å²) in [4.78, 5) is 0. The molecule has 32 heavy (non-hydrogen) atoms. The minimum absolute atomic E-state index is 0.0940. The van der Waals surface area contributed by atoms with E-state index in [1.54, 1.807) is 21.3 Å². The van der Waals surface area contributed by atoms with Gasteiger partial charge in [-0.2, -0.15) is 5.10 Å². The third-order valence-electron chi connectivity index (χ3n) is 5.89. The summed E-state index contributed by atoms with van der Waals surface area (Å²) in [6, 6.07) is 18.7. The Bertz CT molecular complexity index is 1230. The van der Waals surface area contributed by atoms with E-state index in [0.717, 1.165) is 22.5 Å². The summed E-state index contributed by atoms with van der Waals surface area (Å²) in [7, 11) is 4.88. The van der Waals surface area contributed by atoms with E-state index < -0.39 is 0 Å². The number of ether oxygens (including phenoxy) is 3. The Hall–Kier alpha value is -3.51. The predicted molar refractivity (Wildman–Crippen MR) is 127 cm³/mol. The van der Waals surface area contributed by atoms with Gasteiger partial charge in [0, 0.05) is 34.8 Å². The second-order valence-corrected chi connectivity index (χ2v) is 7.69. The molecule has 6 heteroatoms. The van der Waals surface area contributed by atoms with E-state index in [4.69, 9.17) is 19.3 Å². The summed E-state index contributed by atoms with van der Waals surface area (Å²) in [5.41, 5.74) is 4.34. The molecule has 4 aromatic rings. The Kier molecular flexibility index (Phi) is 6.32. The number of hydrogen-bond acceptors (Lipinski definition) is 5. The van der Waals surface area contributed by atoms with E-state index in [9.17, 15) is 0 Å². The average Bonchev–Trinajstić information content (AvgIpc) is 3.22. The average molecular weight is 432 g/mol. The number of methoxy groups -OCH3 is 3. The van der Waals surface area contributed by atoms with Crippen molar-refractivity contribution in [3.05, 3.63) is 77.6 Å². The van der Waals surface area contributed by atoms with Gasteiger partial charge in [0.1, 0.15) is 0 Å². The van der Waals surface area contributed by atoms with Crippen LogP contribution in [0, 0.1) is 6.92 Å². The largest absolute Gasteiger partial charge is 0.493 e. The van der Waals surface area contributed by atoms with Gasteiger partial charge in [0.2, 0.25) is 5.75 Å². The van der Waals surface area contributed by atoms with Gasteiger partial charge in [-0.25, -0.2) is 4.68 Å². The van der Waals surface area contributed by atoms with Crippen molar-refractivity contribution in [1.29, 1.82) is 0 Å². The standard InChI is InChI=1S/C26H29N3O3/c1-17(27-15-20-13-14-24(30-3)26(32-5)25(20)31-4)22-16-28-29(18(22)2)23-12-8-10-19-9-6-7-11-21(19)23/h6-14,16-17,27H,15H2,1-5H3. The first-order valence-electron chi connectivity index (χ1n) is 10.6. The molecule has 1 N–H and O–H groups in total. The molecule has 0 spiro atoms. The lowest BCUT2D eigenvalue weighted by atomic mass is 10.1. The van der Waals surface area contributed by atoms with E-state index in [1.807, 2.05) is 23.0 Å². The van der Waals surface area contributed by atoms with Crippen LogP contribution >= 0.6 is 0 Å². The number of hydrogen-bond donors (Lipinski definition) is 1. The Morgan fingerprint density at radius 2 is 1.66 bits per heavy atom. The molecular formula is C26H29N3O3. The summed E-state index contributed by atoms with van der Waals surface area (Å²) < 4.78 is 18.5. The fourth-order valence-corrected chi connectivity index (χ4v) is 4.16. The number of aromatic nitrogens is 2. The quantitative estimate of drug-likeness (QED) is 0.415. The molecule has 0 amide bonds. The van der Waals surface area contributed by atoms with Crippen molar-refractivity contribution in [1.82, 2.24) is 15.1 Å². The highest BCUT2D eigenvalue weighted by molar-refractivity contribution is 5.90. The van der Waals surface area contributed by atoms with Gasteiger partial charge < -0.3 is 19.5 Å². The molecule has 0 fully saturated rings. The van der Waals surface area contributed by atoms with Crippen LogP contribution in [0.25, 0.3) is 16.5 Å². The van der Waals surface area contributed by atoms with E-state index >= 15 is 0 Å². The van der Waals surface area contributed by atoms with Gasteiger partial charge in [-0.3, -0.25) is 0 Å². The van der Waals surface area contributed by atoms with Crippen molar-refractivity contribution < 1.29 is 14.2 Å². The highest BCUT2D eigenvalue weighted by Gasteiger charge is 2.18. The van der Waals surface area contributed by atoms with Gasteiger partial charge in [-0.1, -0.05) is 42.5 Å². The van der Waals surface area contributed by atoms with Crippen LogP contribution in [0.15, 0.2) is 60.8 Å². The van der Waals surface area contributed by atoms with Gasteiger partial charge >= 0.3 is 0 Å². The van der Waals surface area contributed by atoms with Crippen LogP contribution in [0.2, 0.25) is 0 Å². The summed E-state index contributed by atoms with van der Waals surface area (Å²) >= 11 is 0. The van der Waals surface area contributed by atoms with Crippen LogP contribution in [-0.2, 0) is 6.54 Å². The van der Waals surface area contributed by atoms with Gasteiger partial charge in [-0.05, 0) is 31.4 Å². The highest BCUT2D eigenvalue weighted by atomic mass is 16.5. The first-order valence-corrected chi connectivity index (χ1v) is 10.6. The molecule has 0 aliphatic heterocycles. The van der Waals surface area contributed by atoms with Crippen LogP contribution in [0.4, 0.5) is 0 Å². The van der Waals surface area contributed by atoms with Crippen molar-refractivity contribution in [3.63, 3.8) is 0 Å². The van der Waals surface area contributed by atoms with E-state index in [1.165, 1.54) is 10.8 Å². The number of nitrogens with zero attached hydrogens (tertiary/aromatic N) is 2. The van der Waals surface area contributed by atoms with Crippen molar-refractivity contribution in [2.45, 2.75) is 26.4 Å². The predicted octanol–water partition coefficient (Wildman–Crippen LogP) is 5.21. The van der Waals surface area contributed by atoms with Crippen LogP contribution in [-0.4, -0.2) is 31.1 Å². The minimum Gasteiger partial charge on any atom is -0.493 e. The zero-order valence-corrected chi connectivity index (χ0v) is 19.2. The lowest BCUT2D eigenvalue weighted by Gasteiger charge is -2.18. The van der Waals surface area contributed by atoms with Crippen LogP contribution in [0.3, 0.4) is 0 Å². The molecule has 0 aliphatic carbocycles. The van der Waals surface area contributed by atoms with Gasteiger partial charge in [0.25, 0.3) is 0 Å². The zero-order chi connectivity index (χ0) is 22.7. The van der Waals surface area contributed by atoms with Gasteiger partial charge in [-0.15, -0.1) is 0 Å². The number of nitrogens with one attached hydrogen (secondary N) is 1. The maximum atomic E-state index is 5.61. The number of benzene rings is 3. The van der Waals surface area contributed by atoms with Crippen molar-refractivity contribution in [3.8, 4) is 22.9 Å². The fraction of sp³-hybridized carbons (Fsp3) is 0.269. The lowest BCUT2D eigenvalue weighted by molar-refractivity contribution is 0.321. The molecule has 1 heterocycles. The van der Waals surface area contributed by atoms with Crippen LogP contribution in [0.1, 0.15) is 29.8 Å². The third kappa shape index (κ3) is 3.89. The SMILES string of the molecule is COc1ccc(CNC(C)c2cnn(-c3cccc4ccccc34)c2C)c(OC)c1OC. The molecule has 6 nitrogen and oxygen atoms in total. The smallest absolute Gasteiger partial charge is 0.203 e. The second kappa shape index (κ2) is 9.32. The molecule has 1 atom stereocenters. The Morgan fingerprint density at radius 3 is 2.41 bits per heavy atom. The lowest BCUT2D eigenvalue weighted by Crippen LogP contribution is -2.19. The van der Waals surface area contributed by atoms with Gasteiger partial charge in [0.05, 0.1) is 33.2 Å². The van der Waals surface area contributed by atoms with Crippen LogP contribution < -0.4 is 19.5 Å². The van der Waals surface area contributed by atoms with Crippen LogP contribution in [0.5, 0.6) is 17.2 Å². The zero-order valence-electron chi connectivity index (χ0n) is 19.2. The van der Waals surface area contributed by atoms with Crippen molar-refractivity contribution in [2.24, 2.45) is 0 Å². The molecule has 0 bridgehead atoms. The normalized spacial score (nSPS) is 12.0. The molecule has 1 unspecified atom stereocenters. The maximum Gasteiger partial charge on any atom is 0.203 e. The topological polar surface area (TPSA) is 57.5 Å². The second-order valence-electron chi connectivity index (χ2n) is 7.69. The van der Waals surface area contributed by atoms with Crippen molar-refractivity contribution in [2.75, 3.05) is 21.3 Å². The first kappa shape index (κ1) is 21.7. The molecule has 3 aromatic carbocycles. The first-order chi connectivity index (χ1) is 15.6. The molecule has 166 valence electrons. The maximum absolute atomic E-state index is 5.61. The molecule has 0 aliphatic rings. The van der Waals surface area contributed by atoms with E-state index in [0.29, 0.717) is 23.8 Å². The Labute approximate surface area is 188 Å². The number of fused-ring (bicyclic) bond motifs is 1. The molecule has 1 aromatic heterocycles. The monoisotopic (exact) mass is 431 g/mol.